The first-order valence-corrected chi connectivity index (χ1v) is 9.56. The Hall–Kier alpha value is -1.00. The van der Waals surface area contributed by atoms with Crippen LogP contribution in [0.5, 0.6) is 0 Å². The number of carbonyl (C=O) groups excluding carboxylic acids is 1. The van der Waals surface area contributed by atoms with Gasteiger partial charge in [0.15, 0.2) is 0 Å². The van der Waals surface area contributed by atoms with Gasteiger partial charge < -0.3 is 10.2 Å². The van der Waals surface area contributed by atoms with Crippen LogP contribution in [-0.4, -0.2) is 43.2 Å². The SMILES string of the molecule is CSc1ccc(C(=O)NCCCCN2CCC(C)CC2)cc1. The van der Waals surface area contributed by atoms with Crippen molar-refractivity contribution in [2.24, 2.45) is 5.92 Å². The van der Waals surface area contributed by atoms with E-state index in [1.165, 1.54) is 43.8 Å². The van der Waals surface area contributed by atoms with Gasteiger partial charge in [0.25, 0.3) is 5.91 Å². The fraction of sp³-hybridized carbons (Fsp3) is 0.611. The van der Waals surface area contributed by atoms with Crippen LogP contribution in [-0.2, 0) is 0 Å². The van der Waals surface area contributed by atoms with Crippen LogP contribution in [0.1, 0.15) is 43.0 Å². The molecule has 122 valence electrons. The number of unbranched alkanes of at least 4 members (excludes halogenated alkanes) is 1. The standard InChI is InChI=1S/C18H28N2OS/c1-15-9-13-20(14-10-15)12-4-3-11-19-18(21)16-5-7-17(22-2)8-6-16/h5-8,15H,3-4,9-14H2,1-2H3,(H,19,21). The molecule has 1 heterocycles. The van der Waals surface area contributed by atoms with Crippen LogP contribution in [0.2, 0.25) is 0 Å². The van der Waals surface area contributed by atoms with E-state index in [1.54, 1.807) is 11.8 Å². The molecule has 0 saturated carbocycles. The van der Waals surface area contributed by atoms with E-state index in [4.69, 9.17) is 0 Å². The van der Waals surface area contributed by atoms with Crippen molar-refractivity contribution in [1.82, 2.24) is 10.2 Å². The molecule has 0 spiro atoms. The summed E-state index contributed by atoms with van der Waals surface area (Å²) in [6, 6.07) is 7.79. The quantitative estimate of drug-likeness (QED) is 0.615. The van der Waals surface area contributed by atoms with Crippen molar-refractivity contribution >= 4 is 17.7 Å². The number of hydrogen-bond donors (Lipinski definition) is 1. The lowest BCUT2D eigenvalue weighted by molar-refractivity contribution is 0.0952. The van der Waals surface area contributed by atoms with Crippen molar-refractivity contribution < 1.29 is 4.79 Å². The average molecular weight is 321 g/mol. The number of piperidine rings is 1. The first kappa shape index (κ1) is 17.4. The lowest BCUT2D eigenvalue weighted by Crippen LogP contribution is -2.34. The molecule has 1 aromatic carbocycles. The molecule has 4 heteroatoms. The zero-order chi connectivity index (χ0) is 15.8. The fourth-order valence-corrected chi connectivity index (χ4v) is 3.20. The summed E-state index contributed by atoms with van der Waals surface area (Å²) in [6.45, 7) is 6.78. The summed E-state index contributed by atoms with van der Waals surface area (Å²) in [7, 11) is 0. The van der Waals surface area contributed by atoms with Gasteiger partial charge in [-0.25, -0.2) is 0 Å². The number of benzene rings is 1. The van der Waals surface area contributed by atoms with Crippen LogP contribution in [0.25, 0.3) is 0 Å². The third-order valence-electron chi connectivity index (χ3n) is 4.42. The number of amides is 1. The molecule has 0 aromatic heterocycles. The molecule has 0 bridgehead atoms. The Kier molecular flexibility index (Phi) is 7.26. The predicted octanol–water partition coefficient (Wildman–Crippen LogP) is 3.65. The summed E-state index contributed by atoms with van der Waals surface area (Å²) in [4.78, 5) is 15.8. The van der Waals surface area contributed by atoms with E-state index in [9.17, 15) is 4.79 Å². The van der Waals surface area contributed by atoms with Crippen LogP contribution >= 0.6 is 11.8 Å². The average Bonchev–Trinajstić information content (AvgIpc) is 2.56. The Morgan fingerprint density at radius 1 is 1.23 bits per heavy atom. The largest absolute Gasteiger partial charge is 0.352 e. The molecule has 22 heavy (non-hydrogen) atoms. The molecule has 0 unspecified atom stereocenters. The number of carbonyl (C=O) groups is 1. The Bertz CT molecular complexity index is 453. The summed E-state index contributed by atoms with van der Waals surface area (Å²) in [5.41, 5.74) is 0.753. The van der Waals surface area contributed by atoms with E-state index in [0.29, 0.717) is 0 Å². The van der Waals surface area contributed by atoms with E-state index < -0.39 is 0 Å². The topological polar surface area (TPSA) is 32.3 Å². The first-order chi connectivity index (χ1) is 10.7. The molecule has 3 nitrogen and oxygen atoms in total. The van der Waals surface area contributed by atoms with E-state index in [-0.39, 0.29) is 5.91 Å². The van der Waals surface area contributed by atoms with Crippen LogP contribution in [0.15, 0.2) is 29.2 Å². The van der Waals surface area contributed by atoms with Crippen LogP contribution in [0.4, 0.5) is 0 Å². The van der Waals surface area contributed by atoms with Gasteiger partial charge in [-0.05, 0) is 81.8 Å². The molecule has 0 aliphatic carbocycles. The van der Waals surface area contributed by atoms with Gasteiger partial charge in [0.1, 0.15) is 0 Å². The van der Waals surface area contributed by atoms with Crippen LogP contribution in [0, 0.1) is 5.92 Å². The third kappa shape index (κ3) is 5.65. The van der Waals surface area contributed by atoms with Crippen molar-refractivity contribution in [3.8, 4) is 0 Å². The monoisotopic (exact) mass is 320 g/mol. The maximum absolute atomic E-state index is 12.0. The third-order valence-corrected chi connectivity index (χ3v) is 5.16. The molecular formula is C18H28N2OS. The minimum atomic E-state index is 0.0412. The lowest BCUT2D eigenvalue weighted by atomic mass is 9.99. The van der Waals surface area contributed by atoms with Gasteiger partial charge in [-0.2, -0.15) is 0 Å². The van der Waals surface area contributed by atoms with Gasteiger partial charge in [-0.3, -0.25) is 4.79 Å². The molecule has 1 saturated heterocycles. The number of nitrogens with one attached hydrogen (secondary N) is 1. The van der Waals surface area contributed by atoms with E-state index in [2.05, 4.69) is 17.1 Å². The van der Waals surface area contributed by atoms with Crippen molar-refractivity contribution in [2.45, 2.75) is 37.5 Å². The van der Waals surface area contributed by atoms with Crippen molar-refractivity contribution in [3.05, 3.63) is 29.8 Å². The summed E-state index contributed by atoms with van der Waals surface area (Å²) in [5.74, 6) is 0.937. The molecule has 1 amide bonds. The highest BCUT2D eigenvalue weighted by molar-refractivity contribution is 7.98. The van der Waals surface area contributed by atoms with Crippen molar-refractivity contribution in [2.75, 3.05) is 32.4 Å². The Morgan fingerprint density at radius 3 is 2.55 bits per heavy atom. The van der Waals surface area contributed by atoms with Gasteiger partial charge in [0.2, 0.25) is 0 Å². The Labute approximate surface area is 138 Å². The smallest absolute Gasteiger partial charge is 0.251 e. The zero-order valence-electron chi connectivity index (χ0n) is 13.8. The molecule has 1 fully saturated rings. The van der Waals surface area contributed by atoms with Gasteiger partial charge in [-0.15, -0.1) is 11.8 Å². The maximum atomic E-state index is 12.0. The molecule has 1 aromatic rings. The lowest BCUT2D eigenvalue weighted by Gasteiger charge is -2.30. The van der Waals surface area contributed by atoms with Crippen LogP contribution < -0.4 is 5.32 Å². The summed E-state index contributed by atoms with van der Waals surface area (Å²) < 4.78 is 0. The number of nitrogens with zero attached hydrogens (tertiary/aromatic N) is 1. The highest BCUT2D eigenvalue weighted by Gasteiger charge is 2.14. The second kappa shape index (κ2) is 9.21. The number of rotatable bonds is 7. The van der Waals surface area contributed by atoms with Crippen molar-refractivity contribution in [3.63, 3.8) is 0 Å². The second-order valence-electron chi connectivity index (χ2n) is 6.22. The van der Waals surface area contributed by atoms with E-state index >= 15 is 0 Å². The Balaban J connectivity index is 1.58. The number of thioether (sulfide) groups is 1. The minimum Gasteiger partial charge on any atom is -0.352 e. The van der Waals surface area contributed by atoms with E-state index in [0.717, 1.165) is 24.4 Å². The van der Waals surface area contributed by atoms with Crippen molar-refractivity contribution in [1.29, 1.82) is 0 Å². The zero-order valence-corrected chi connectivity index (χ0v) is 14.6. The normalized spacial score (nSPS) is 16.6. The molecule has 1 aliphatic heterocycles. The first-order valence-electron chi connectivity index (χ1n) is 8.33. The van der Waals surface area contributed by atoms with Gasteiger partial charge in [0, 0.05) is 17.0 Å². The maximum Gasteiger partial charge on any atom is 0.251 e. The minimum absolute atomic E-state index is 0.0412. The van der Waals surface area contributed by atoms with Gasteiger partial charge in [-0.1, -0.05) is 6.92 Å². The Morgan fingerprint density at radius 2 is 1.91 bits per heavy atom. The molecule has 1 aliphatic rings. The highest BCUT2D eigenvalue weighted by Crippen LogP contribution is 2.16. The van der Waals surface area contributed by atoms with Crippen LogP contribution in [0.3, 0.4) is 0 Å². The molecule has 1 N–H and O–H groups in total. The fourth-order valence-electron chi connectivity index (χ4n) is 2.79. The number of likely N-dealkylation sites (tertiary alicyclic amines) is 1. The number of hydrogen-bond acceptors (Lipinski definition) is 3. The second-order valence-corrected chi connectivity index (χ2v) is 7.10. The van der Waals surface area contributed by atoms with Gasteiger partial charge in [0.05, 0.1) is 0 Å². The summed E-state index contributed by atoms with van der Waals surface area (Å²) in [6.07, 6.45) is 6.93. The van der Waals surface area contributed by atoms with E-state index in [1.807, 2.05) is 30.5 Å². The summed E-state index contributed by atoms with van der Waals surface area (Å²) in [5, 5.41) is 3.02. The highest BCUT2D eigenvalue weighted by atomic mass is 32.2. The molecule has 0 radical (unpaired) electrons. The van der Waals surface area contributed by atoms with Gasteiger partial charge >= 0.3 is 0 Å². The molecule has 0 atom stereocenters. The molecule has 2 rings (SSSR count). The summed E-state index contributed by atoms with van der Waals surface area (Å²) >= 11 is 1.69. The predicted molar refractivity (Wildman–Crippen MR) is 94.6 cm³/mol. The molecular weight excluding hydrogens is 292 g/mol.